The van der Waals surface area contributed by atoms with E-state index in [1.54, 1.807) is 0 Å². The Morgan fingerprint density at radius 1 is 1.42 bits per heavy atom. The molecule has 0 amide bonds. The first-order valence-corrected chi connectivity index (χ1v) is 5.11. The molecule has 0 radical (unpaired) electrons. The van der Waals surface area contributed by atoms with Gasteiger partial charge in [-0.1, -0.05) is 34.1 Å². The number of hydrogen-bond donors (Lipinski definition) is 1. The number of aliphatic hydroxyl groups is 1. The Kier molecular flexibility index (Phi) is 2.53. The number of rotatable bonds is 1. The van der Waals surface area contributed by atoms with Crippen LogP contribution in [-0.4, -0.2) is 10.7 Å². The molecule has 1 saturated carbocycles. The van der Waals surface area contributed by atoms with Gasteiger partial charge < -0.3 is 5.11 Å². The SMILES string of the molecule is CCC1CCC(O)(C(C)(C)C)C1. The summed E-state index contributed by atoms with van der Waals surface area (Å²) >= 11 is 0. The summed E-state index contributed by atoms with van der Waals surface area (Å²) in [5, 5.41) is 10.3. The van der Waals surface area contributed by atoms with Gasteiger partial charge >= 0.3 is 0 Å². The van der Waals surface area contributed by atoms with Crippen molar-refractivity contribution in [3.63, 3.8) is 0 Å². The maximum Gasteiger partial charge on any atom is 0.0698 e. The van der Waals surface area contributed by atoms with Crippen LogP contribution in [0.4, 0.5) is 0 Å². The van der Waals surface area contributed by atoms with E-state index in [0.717, 1.165) is 18.8 Å². The van der Waals surface area contributed by atoms with Crippen molar-refractivity contribution in [3.05, 3.63) is 0 Å². The monoisotopic (exact) mass is 170 g/mol. The fourth-order valence-electron chi connectivity index (χ4n) is 2.15. The van der Waals surface area contributed by atoms with Crippen LogP contribution < -0.4 is 0 Å². The van der Waals surface area contributed by atoms with Crippen LogP contribution in [0.5, 0.6) is 0 Å². The molecule has 0 saturated heterocycles. The zero-order valence-electron chi connectivity index (χ0n) is 8.85. The molecule has 2 unspecified atom stereocenters. The molecular formula is C11H22O. The highest BCUT2D eigenvalue weighted by Crippen LogP contribution is 2.46. The summed E-state index contributed by atoms with van der Waals surface area (Å²) < 4.78 is 0. The average molecular weight is 170 g/mol. The molecule has 0 aromatic carbocycles. The predicted octanol–water partition coefficient (Wildman–Crippen LogP) is 2.97. The van der Waals surface area contributed by atoms with Gasteiger partial charge in [0.05, 0.1) is 5.60 Å². The van der Waals surface area contributed by atoms with Crippen LogP contribution in [-0.2, 0) is 0 Å². The molecule has 1 nitrogen and oxygen atoms in total. The van der Waals surface area contributed by atoms with Crippen molar-refractivity contribution in [2.45, 2.75) is 59.0 Å². The fourth-order valence-corrected chi connectivity index (χ4v) is 2.15. The molecule has 0 bridgehead atoms. The highest BCUT2D eigenvalue weighted by molar-refractivity contribution is 4.96. The van der Waals surface area contributed by atoms with E-state index in [-0.39, 0.29) is 5.41 Å². The van der Waals surface area contributed by atoms with Gasteiger partial charge in [-0.2, -0.15) is 0 Å². The topological polar surface area (TPSA) is 20.2 Å². The molecule has 1 heteroatoms. The van der Waals surface area contributed by atoms with Crippen LogP contribution in [0.2, 0.25) is 0 Å². The molecular weight excluding hydrogens is 148 g/mol. The van der Waals surface area contributed by atoms with Gasteiger partial charge in [0.1, 0.15) is 0 Å². The zero-order valence-corrected chi connectivity index (χ0v) is 8.85. The van der Waals surface area contributed by atoms with Crippen LogP contribution in [0, 0.1) is 11.3 Å². The van der Waals surface area contributed by atoms with E-state index in [2.05, 4.69) is 27.7 Å². The van der Waals surface area contributed by atoms with Crippen molar-refractivity contribution in [1.82, 2.24) is 0 Å². The lowest BCUT2D eigenvalue weighted by Crippen LogP contribution is -2.40. The van der Waals surface area contributed by atoms with Gasteiger partial charge in [-0.05, 0) is 30.6 Å². The van der Waals surface area contributed by atoms with Crippen molar-refractivity contribution in [2.75, 3.05) is 0 Å². The minimum absolute atomic E-state index is 0.0525. The van der Waals surface area contributed by atoms with Crippen molar-refractivity contribution < 1.29 is 5.11 Å². The number of hydrogen-bond acceptors (Lipinski definition) is 1. The van der Waals surface area contributed by atoms with Crippen LogP contribution in [0.3, 0.4) is 0 Å². The molecule has 0 heterocycles. The zero-order chi connectivity index (χ0) is 9.41. The normalized spacial score (nSPS) is 37.2. The largest absolute Gasteiger partial charge is 0.389 e. The van der Waals surface area contributed by atoms with Crippen LogP contribution in [0.1, 0.15) is 53.4 Å². The van der Waals surface area contributed by atoms with E-state index in [1.807, 2.05) is 0 Å². The Morgan fingerprint density at radius 2 is 2.00 bits per heavy atom. The van der Waals surface area contributed by atoms with Crippen LogP contribution in [0.25, 0.3) is 0 Å². The molecule has 1 fully saturated rings. The van der Waals surface area contributed by atoms with Gasteiger partial charge in [-0.15, -0.1) is 0 Å². The fraction of sp³-hybridized carbons (Fsp3) is 1.00. The van der Waals surface area contributed by atoms with Crippen LogP contribution >= 0.6 is 0 Å². The molecule has 72 valence electrons. The standard InChI is InChI=1S/C11H22O/c1-5-9-6-7-11(12,8-9)10(2,3)4/h9,12H,5-8H2,1-4H3. The van der Waals surface area contributed by atoms with Gasteiger partial charge in [0.15, 0.2) is 0 Å². The quantitative estimate of drug-likeness (QED) is 0.641. The van der Waals surface area contributed by atoms with E-state index in [4.69, 9.17) is 0 Å². The van der Waals surface area contributed by atoms with Crippen molar-refractivity contribution in [1.29, 1.82) is 0 Å². The Bertz CT molecular complexity index is 157. The Hall–Kier alpha value is -0.0400. The average Bonchev–Trinajstić information content (AvgIpc) is 2.31. The molecule has 0 aromatic heterocycles. The molecule has 1 rings (SSSR count). The van der Waals surface area contributed by atoms with E-state index >= 15 is 0 Å². The predicted molar refractivity (Wildman–Crippen MR) is 52.0 cm³/mol. The molecule has 12 heavy (non-hydrogen) atoms. The summed E-state index contributed by atoms with van der Waals surface area (Å²) in [5.74, 6) is 0.759. The van der Waals surface area contributed by atoms with Crippen LogP contribution in [0.15, 0.2) is 0 Å². The summed E-state index contributed by atoms with van der Waals surface area (Å²) in [5.41, 5.74) is -0.343. The minimum atomic E-state index is -0.395. The van der Waals surface area contributed by atoms with E-state index in [1.165, 1.54) is 12.8 Å². The highest BCUT2D eigenvalue weighted by Gasteiger charge is 2.45. The summed E-state index contributed by atoms with van der Waals surface area (Å²) in [6, 6.07) is 0. The van der Waals surface area contributed by atoms with Crippen molar-refractivity contribution in [2.24, 2.45) is 11.3 Å². The van der Waals surface area contributed by atoms with Gasteiger partial charge in [0, 0.05) is 0 Å². The Labute approximate surface area is 76.2 Å². The third-order valence-corrected chi connectivity index (χ3v) is 3.57. The third kappa shape index (κ3) is 1.66. The molecule has 1 aliphatic rings. The van der Waals surface area contributed by atoms with E-state index < -0.39 is 5.60 Å². The molecule has 1 aliphatic carbocycles. The highest BCUT2D eigenvalue weighted by atomic mass is 16.3. The van der Waals surface area contributed by atoms with Gasteiger partial charge in [0.2, 0.25) is 0 Å². The molecule has 0 aromatic rings. The summed E-state index contributed by atoms with van der Waals surface area (Å²) in [7, 11) is 0. The molecule has 1 N–H and O–H groups in total. The van der Waals surface area contributed by atoms with Gasteiger partial charge in [0.25, 0.3) is 0 Å². The third-order valence-electron chi connectivity index (χ3n) is 3.57. The lowest BCUT2D eigenvalue weighted by Gasteiger charge is -2.37. The smallest absolute Gasteiger partial charge is 0.0698 e. The van der Waals surface area contributed by atoms with Gasteiger partial charge in [-0.25, -0.2) is 0 Å². The van der Waals surface area contributed by atoms with Crippen molar-refractivity contribution in [3.8, 4) is 0 Å². The second-order valence-corrected chi connectivity index (χ2v) is 5.30. The Morgan fingerprint density at radius 3 is 2.25 bits per heavy atom. The maximum atomic E-state index is 10.3. The van der Waals surface area contributed by atoms with Gasteiger partial charge in [-0.3, -0.25) is 0 Å². The first kappa shape index (κ1) is 10.0. The summed E-state index contributed by atoms with van der Waals surface area (Å²) in [6.45, 7) is 8.65. The second-order valence-electron chi connectivity index (χ2n) is 5.30. The summed E-state index contributed by atoms with van der Waals surface area (Å²) in [4.78, 5) is 0. The lowest BCUT2D eigenvalue weighted by molar-refractivity contribution is -0.0545. The van der Waals surface area contributed by atoms with Crippen molar-refractivity contribution >= 4 is 0 Å². The van der Waals surface area contributed by atoms with E-state index in [9.17, 15) is 5.11 Å². The first-order valence-electron chi connectivity index (χ1n) is 5.11. The Balaban J connectivity index is 2.64. The second kappa shape index (κ2) is 3.02. The maximum absolute atomic E-state index is 10.3. The minimum Gasteiger partial charge on any atom is -0.389 e. The first-order chi connectivity index (χ1) is 5.39. The summed E-state index contributed by atoms with van der Waals surface area (Å²) in [6.07, 6.45) is 4.44. The molecule has 2 atom stereocenters. The van der Waals surface area contributed by atoms with E-state index in [0.29, 0.717) is 0 Å². The molecule has 0 aliphatic heterocycles. The molecule has 0 spiro atoms. The lowest BCUT2D eigenvalue weighted by atomic mass is 9.75.